The van der Waals surface area contributed by atoms with E-state index in [2.05, 4.69) is 0 Å². The Bertz CT molecular complexity index is 260. The summed E-state index contributed by atoms with van der Waals surface area (Å²) in [5, 5.41) is 7.12. The number of carbonyl (C=O) groups is 1. The molecule has 7 heteroatoms. The average molecular weight is 244 g/mol. The highest BCUT2D eigenvalue weighted by Crippen LogP contribution is 2.43. The second-order valence-electron chi connectivity index (χ2n) is 3.95. The number of aliphatic carboxylic acids is 1. The topological polar surface area (TPSA) is 46.5 Å². The molecule has 1 saturated heterocycles. The van der Waals surface area contributed by atoms with Gasteiger partial charge in [0.1, 0.15) is 6.17 Å². The fourth-order valence-corrected chi connectivity index (χ4v) is 1.71. The number of alkyl halides is 4. The number of ether oxygens (including phenoxy) is 1. The first-order chi connectivity index (χ1) is 7.25. The number of hydrogen-bond acceptors (Lipinski definition) is 2. The highest BCUT2D eigenvalue weighted by molar-refractivity contribution is 5.73. The second kappa shape index (κ2) is 4.57. The highest BCUT2D eigenvalue weighted by atomic mass is 19.4. The molecule has 2 aliphatic rings. The standard InChI is InChI=1S/C7H11FO.C2HF3O2/c8-6-4-7(9-5-6)2-1-3-7;3-2(4,5)1(6)7/h6H,1-5H2;(H,6,7)/t6-;/m0./s1. The van der Waals surface area contributed by atoms with E-state index in [-0.39, 0.29) is 5.60 Å². The summed E-state index contributed by atoms with van der Waals surface area (Å²) in [5.41, 5.74) is 0.0133. The summed E-state index contributed by atoms with van der Waals surface area (Å²) in [4.78, 5) is 8.90. The van der Waals surface area contributed by atoms with Crippen LogP contribution in [-0.4, -0.2) is 35.6 Å². The number of carboxylic acid groups (broad SMARTS) is 1. The van der Waals surface area contributed by atoms with Crippen LogP contribution < -0.4 is 0 Å². The molecule has 16 heavy (non-hydrogen) atoms. The normalized spacial score (nSPS) is 26.9. The van der Waals surface area contributed by atoms with Crippen LogP contribution in [0.5, 0.6) is 0 Å². The van der Waals surface area contributed by atoms with Crippen molar-refractivity contribution < 1.29 is 32.2 Å². The maximum Gasteiger partial charge on any atom is 0.490 e. The van der Waals surface area contributed by atoms with E-state index in [4.69, 9.17) is 14.6 Å². The minimum absolute atomic E-state index is 0.0133. The average Bonchev–Trinajstić information content (AvgIpc) is 2.46. The predicted molar refractivity (Wildman–Crippen MR) is 45.7 cm³/mol. The minimum atomic E-state index is -5.08. The molecule has 1 spiro atoms. The maximum absolute atomic E-state index is 12.5. The van der Waals surface area contributed by atoms with Crippen LogP contribution in [-0.2, 0) is 9.53 Å². The van der Waals surface area contributed by atoms with Crippen LogP contribution >= 0.6 is 0 Å². The van der Waals surface area contributed by atoms with Gasteiger partial charge in [0.05, 0.1) is 12.2 Å². The van der Waals surface area contributed by atoms with E-state index >= 15 is 0 Å². The second-order valence-corrected chi connectivity index (χ2v) is 3.95. The quantitative estimate of drug-likeness (QED) is 0.665. The van der Waals surface area contributed by atoms with Crippen LogP contribution in [0.3, 0.4) is 0 Å². The van der Waals surface area contributed by atoms with Crippen molar-refractivity contribution in [3.8, 4) is 0 Å². The summed E-state index contributed by atoms with van der Waals surface area (Å²) in [7, 11) is 0. The van der Waals surface area contributed by atoms with Gasteiger partial charge in [-0.1, -0.05) is 0 Å². The van der Waals surface area contributed by atoms with Crippen LogP contribution in [0.15, 0.2) is 0 Å². The van der Waals surface area contributed by atoms with E-state index in [0.717, 1.165) is 12.8 Å². The van der Waals surface area contributed by atoms with E-state index < -0.39 is 18.3 Å². The summed E-state index contributed by atoms with van der Waals surface area (Å²) in [5.74, 6) is -2.76. The third-order valence-corrected chi connectivity index (χ3v) is 2.67. The lowest BCUT2D eigenvalue weighted by atomic mass is 9.78. The van der Waals surface area contributed by atoms with Gasteiger partial charge < -0.3 is 9.84 Å². The molecular formula is C9H12F4O3. The third-order valence-electron chi connectivity index (χ3n) is 2.67. The molecule has 0 aromatic heterocycles. The van der Waals surface area contributed by atoms with Crippen molar-refractivity contribution in [1.29, 1.82) is 0 Å². The van der Waals surface area contributed by atoms with Crippen LogP contribution in [0.25, 0.3) is 0 Å². The molecule has 1 heterocycles. The first-order valence-corrected chi connectivity index (χ1v) is 4.83. The van der Waals surface area contributed by atoms with Gasteiger partial charge in [0.15, 0.2) is 0 Å². The Morgan fingerprint density at radius 2 is 1.88 bits per heavy atom. The largest absolute Gasteiger partial charge is 0.490 e. The molecule has 1 aliphatic heterocycles. The molecule has 1 N–H and O–H groups in total. The van der Waals surface area contributed by atoms with E-state index in [1.54, 1.807) is 0 Å². The molecule has 2 rings (SSSR count). The fraction of sp³-hybridized carbons (Fsp3) is 0.889. The predicted octanol–water partition coefficient (Wildman–Crippen LogP) is 2.30. The van der Waals surface area contributed by atoms with Gasteiger partial charge >= 0.3 is 12.1 Å². The van der Waals surface area contributed by atoms with Crippen LogP contribution in [0.2, 0.25) is 0 Å². The van der Waals surface area contributed by atoms with E-state index in [1.807, 2.05) is 0 Å². The zero-order valence-electron chi connectivity index (χ0n) is 8.39. The van der Waals surface area contributed by atoms with Gasteiger partial charge in [-0.05, 0) is 19.3 Å². The van der Waals surface area contributed by atoms with Crippen molar-refractivity contribution in [2.24, 2.45) is 0 Å². The maximum atomic E-state index is 12.5. The van der Waals surface area contributed by atoms with Gasteiger partial charge in [0, 0.05) is 6.42 Å². The molecule has 0 amide bonds. The molecule has 0 unspecified atom stereocenters. The zero-order chi connectivity index (χ0) is 12.4. The van der Waals surface area contributed by atoms with Crippen molar-refractivity contribution in [3.05, 3.63) is 0 Å². The summed E-state index contributed by atoms with van der Waals surface area (Å²) >= 11 is 0. The van der Waals surface area contributed by atoms with Crippen LogP contribution in [0, 0.1) is 0 Å². The number of halogens is 4. The highest BCUT2D eigenvalue weighted by Gasteiger charge is 2.45. The van der Waals surface area contributed by atoms with Crippen molar-refractivity contribution in [1.82, 2.24) is 0 Å². The Kier molecular flexibility index (Phi) is 3.77. The Morgan fingerprint density at radius 1 is 1.38 bits per heavy atom. The number of hydrogen-bond donors (Lipinski definition) is 1. The lowest BCUT2D eigenvalue weighted by Crippen LogP contribution is -2.35. The van der Waals surface area contributed by atoms with Crippen molar-refractivity contribution in [3.63, 3.8) is 0 Å². The molecule has 94 valence electrons. The van der Waals surface area contributed by atoms with E-state index in [0.29, 0.717) is 13.0 Å². The third kappa shape index (κ3) is 3.33. The molecule has 0 aromatic carbocycles. The monoisotopic (exact) mass is 244 g/mol. The van der Waals surface area contributed by atoms with Gasteiger partial charge in [-0.2, -0.15) is 13.2 Å². The molecule has 1 saturated carbocycles. The minimum Gasteiger partial charge on any atom is -0.475 e. The van der Waals surface area contributed by atoms with E-state index in [9.17, 15) is 17.6 Å². The van der Waals surface area contributed by atoms with Gasteiger partial charge in [-0.3, -0.25) is 0 Å². The van der Waals surface area contributed by atoms with Crippen LogP contribution in [0.1, 0.15) is 25.7 Å². The molecule has 0 aromatic rings. The summed E-state index contributed by atoms with van der Waals surface area (Å²) in [6.45, 7) is 0.347. The Labute approximate surface area is 89.4 Å². The summed E-state index contributed by atoms with van der Waals surface area (Å²) in [6, 6.07) is 0. The van der Waals surface area contributed by atoms with Crippen LogP contribution in [0.4, 0.5) is 17.6 Å². The zero-order valence-corrected chi connectivity index (χ0v) is 8.39. The first-order valence-electron chi connectivity index (χ1n) is 4.83. The Balaban J connectivity index is 0.000000168. The van der Waals surface area contributed by atoms with E-state index in [1.165, 1.54) is 6.42 Å². The summed E-state index contributed by atoms with van der Waals surface area (Å²) < 4.78 is 49.6. The molecule has 3 nitrogen and oxygen atoms in total. The molecule has 0 radical (unpaired) electrons. The van der Waals surface area contributed by atoms with Gasteiger partial charge in [-0.25, -0.2) is 9.18 Å². The fourth-order valence-electron chi connectivity index (χ4n) is 1.71. The molecule has 0 bridgehead atoms. The molecule has 2 fully saturated rings. The lowest BCUT2D eigenvalue weighted by molar-refractivity contribution is -0.192. The Morgan fingerprint density at radius 3 is 2.00 bits per heavy atom. The first kappa shape index (κ1) is 13.2. The molecule has 1 atom stereocenters. The van der Waals surface area contributed by atoms with Crippen molar-refractivity contribution in [2.45, 2.75) is 43.6 Å². The lowest BCUT2D eigenvalue weighted by Gasteiger charge is -2.36. The van der Waals surface area contributed by atoms with Gasteiger partial charge in [-0.15, -0.1) is 0 Å². The van der Waals surface area contributed by atoms with Gasteiger partial charge in [0.2, 0.25) is 0 Å². The smallest absolute Gasteiger partial charge is 0.475 e. The van der Waals surface area contributed by atoms with Crippen molar-refractivity contribution in [2.75, 3.05) is 6.61 Å². The van der Waals surface area contributed by atoms with Gasteiger partial charge in [0.25, 0.3) is 0 Å². The summed E-state index contributed by atoms with van der Waals surface area (Å²) in [6.07, 6.45) is -1.69. The number of carboxylic acids is 1. The number of rotatable bonds is 0. The molecule has 1 aliphatic carbocycles. The SMILES string of the molecule is F[C@@H]1COC2(CCC2)C1.O=C(O)C(F)(F)F. The molecular weight excluding hydrogens is 232 g/mol. The van der Waals surface area contributed by atoms with Crippen molar-refractivity contribution >= 4 is 5.97 Å². The Hall–Kier alpha value is -0.850.